The fourth-order valence-corrected chi connectivity index (χ4v) is 3.13. The van der Waals surface area contributed by atoms with Crippen LogP contribution in [0.2, 0.25) is 5.02 Å². The van der Waals surface area contributed by atoms with Crippen LogP contribution in [0, 0.1) is 5.92 Å². The second-order valence-electron chi connectivity index (χ2n) is 5.64. The molecule has 5 heteroatoms. The average molecular weight is 307 g/mol. The molecule has 1 unspecified atom stereocenters. The standard InChI is InChI=1S/C16H19ClN2O2/c17-14-1-2-15-13(9-14)4-7-18(15)8-5-16(21)19-6-3-12(10-19)11-20/h1-2,4,7,9,12,20H,3,5-6,8,10-11H2. The van der Waals surface area contributed by atoms with Crippen molar-refractivity contribution in [2.45, 2.75) is 19.4 Å². The summed E-state index contributed by atoms with van der Waals surface area (Å²) < 4.78 is 2.09. The number of aliphatic hydroxyl groups is 1. The predicted octanol–water partition coefficient (Wildman–Crippen LogP) is 2.53. The van der Waals surface area contributed by atoms with Gasteiger partial charge in [0.25, 0.3) is 0 Å². The number of aryl methyl sites for hydroxylation is 1. The SMILES string of the molecule is O=C(CCn1ccc2cc(Cl)ccc21)N1CCC(CO)C1. The molecule has 2 aromatic rings. The van der Waals surface area contributed by atoms with Gasteiger partial charge in [0, 0.05) is 60.7 Å². The van der Waals surface area contributed by atoms with Gasteiger partial charge in [-0.2, -0.15) is 0 Å². The molecule has 1 aliphatic heterocycles. The van der Waals surface area contributed by atoms with Crippen LogP contribution in [-0.4, -0.2) is 40.2 Å². The van der Waals surface area contributed by atoms with E-state index >= 15 is 0 Å². The molecule has 1 aromatic heterocycles. The van der Waals surface area contributed by atoms with E-state index in [4.69, 9.17) is 16.7 Å². The number of aromatic nitrogens is 1. The van der Waals surface area contributed by atoms with Crippen LogP contribution >= 0.6 is 11.6 Å². The monoisotopic (exact) mass is 306 g/mol. The van der Waals surface area contributed by atoms with Crippen molar-refractivity contribution < 1.29 is 9.90 Å². The van der Waals surface area contributed by atoms with Gasteiger partial charge in [-0.05, 0) is 30.7 Å². The zero-order valence-electron chi connectivity index (χ0n) is 11.8. The molecule has 0 bridgehead atoms. The molecule has 1 atom stereocenters. The van der Waals surface area contributed by atoms with Crippen molar-refractivity contribution in [3.8, 4) is 0 Å². The number of aliphatic hydroxyl groups excluding tert-OH is 1. The van der Waals surface area contributed by atoms with Crippen LogP contribution in [0.1, 0.15) is 12.8 Å². The fraction of sp³-hybridized carbons (Fsp3) is 0.438. The molecule has 112 valence electrons. The molecule has 1 N–H and O–H groups in total. The highest BCUT2D eigenvalue weighted by molar-refractivity contribution is 6.31. The van der Waals surface area contributed by atoms with Gasteiger partial charge in [0.1, 0.15) is 0 Å². The van der Waals surface area contributed by atoms with E-state index in [0.717, 1.165) is 28.9 Å². The third-order valence-corrected chi connectivity index (χ3v) is 4.43. The van der Waals surface area contributed by atoms with E-state index in [-0.39, 0.29) is 18.4 Å². The van der Waals surface area contributed by atoms with Crippen molar-refractivity contribution in [3.05, 3.63) is 35.5 Å². The molecule has 1 fully saturated rings. The lowest BCUT2D eigenvalue weighted by molar-refractivity contribution is -0.130. The first kappa shape index (κ1) is 14.4. The third-order valence-electron chi connectivity index (χ3n) is 4.20. The summed E-state index contributed by atoms with van der Waals surface area (Å²) in [7, 11) is 0. The van der Waals surface area contributed by atoms with E-state index in [2.05, 4.69) is 4.57 Å². The van der Waals surface area contributed by atoms with Gasteiger partial charge in [-0.25, -0.2) is 0 Å². The molecule has 1 aliphatic rings. The number of halogens is 1. The molecular formula is C16H19ClN2O2. The minimum absolute atomic E-state index is 0.168. The number of fused-ring (bicyclic) bond motifs is 1. The van der Waals surface area contributed by atoms with Gasteiger partial charge in [0.15, 0.2) is 0 Å². The summed E-state index contributed by atoms with van der Waals surface area (Å²) in [6.45, 7) is 2.31. The molecule has 1 amide bonds. The Kier molecular flexibility index (Phi) is 4.17. The maximum absolute atomic E-state index is 12.2. The van der Waals surface area contributed by atoms with Gasteiger partial charge >= 0.3 is 0 Å². The first-order valence-corrected chi connectivity index (χ1v) is 7.68. The Labute approximate surface area is 128 Å². The Bertz CT molecular complexity index is 653. The molecule has 1 saturated heterocycles. The van der Waals surface area contributed by atoms with Gasteiger partial charge in [-0.1, -0.05) is 11.6 Å². The molecule has 0 saturated carbocycles. The summed E-state index contributed by atoms with van der Waals surface area (Å²) in [5.41, 5.74) is 1.10. The van der Waals surface area contributed by atoms with Crippen LogP contribution in [0.5, 0.6) is 0 Å². The van der Waals surface area contributed by atoms with Gasteiger partial charge < -0.3 is 14.6 Å². The van der Waals surface area contributed by atoms with Crippen LogP contribution in [-0.2, 0) is 11.3 Å². The summed E-state index contributed by atoms with van der Waals surface area (Å²) in [5.74, 6) is 0.422. The number of hydrogen-bond donors (Lipinski definition) is 1. The van der Waals surface area contributed by atoms with Gasteiger partial charge in [0.05, 0.1) is 0 Å². The first-order chi connectivity index (χ1) is 10.2. The van der Waals surface area contributed by atoms with E-state index in [0.29, 0.717) is 19.5 Å². The number of rotatable bonds is 4. The summed E-state index contributed by atoms with van der Waals surface area (Å²) in [6.07, 6.45) is 3.40. The number of likely N-dealkylation sites (tertiary alicyclic amines) is 1. The van der Waals surface area contributed by atoms with Crippen molar-refractivity contribution in [1.29, 1.82) is 0 Å². The largest absolute Gasteiger partial charge is 0.396 e. The normalized spacial score (nSPS) is 18.6. The zero-order chi connectivity index (χ0) is 14.8. The highest BCUT2D eigenvalue weighted by Crippen LogP contribution is 2.21. The van der Waals surface area contributed by atoms with Crippen LogP contribution in [0.15, 0.2) is 30.5 Å². The maximum Gasteiger partial charge on any atom is 0.224 e. The van der Waals surface area contributed by atoms with Crippen LogP contribution < -0.4 is 0 Å². The molecule has 0 radical (unpaired) electrons. The molecule has 0 spiro atoms. The second kappa shape index (κ2) is 6.08. The fourth-order valence-electron chi connectivity index (χ4n) is 2.95. The molecule has 2 heterocycles. The Morgan fingerprint density at radius 1 is 1.38 bits per heavy atom. The highest BCUT2D eigenvalue weighted by Gasteiger charge is 2.25. The lowest BCUT2D eigenvalue weighted by Crippen LogP contribution is -2.29. The van der Waals surface area contributed by atoms with Crippen molar-refractivity contribution >= 4 is 28.4 Å². The first-order valence-electron chi connectivity index (χ1n) is 7.30. The minimum Gasteiger partial charge on any atom is -0.396 e. The van der Waals surface area contributed by atoms with Crippen LogP contribution in [0.25, 0.3) is 10.9 Å². The molecule has 0 aliphatic carbocycles. The number of benzene rings is 1. The van der Waals surface area contributed by atoms with Gasteiger partial charge in [-0.15, -0.1) is 0 Å². The second-order valence-corrected chi connectivity index (χ2v) is 6.08. The summed E-state index contributed by atoms with van der Waals surface area (Å²) in [5, 5.41) is 11.0. The molecular weight excluding hydrogens is 288 g/mol. The van der Waals surface area contributed by atoms with Gasteiger partial charge in [0.2, 0.25) is 5.91 Å². The van der Waals surface area contributed by atoms with Crippen molar-refractivity contribution in [2.24, 2.45) is 5.92 Å². The van der Waals surface area contributed by atoms with E-state index in [1.165, 1.54) is 0 Å². The van der Waals surface area contributed by atoms with Crippen molar-refractivity contribution in [3.63, 3.8) is 0 Å². The van der Waals surface area contributed by atoms with Crippen LogP contribution in [0.3, 0.4) is 0 Å². The Morgan fingerprint density at radius 3 is 3.00 bits per heavy atom. The number of carbonyl (C=O) groups is 1. The number of carbonyl (C=O) groups excluding carboxylic acids is 1. The molecule has 4 nitrogen and oxygen atoms in total. The lowest BCUT2D eigenvalue weighted by atomic mass is 10.1. The van der Waals surface area contributed by atoms with Gasteiger partial charge in [-0.3, -0.25) is 4.79 Å². The maximum atomic E-state index is 12.2. The minimum atomic E-state index is 0.168. The van der Waals surface area contributed by atoms with Crippen molar-refractivity contribution in [2.75, 3.05) is 19.7 Å². The van der Waals surface area contributed by atoms with E-state index in [9.17, 15) is 4.79 Å². The predicted molar refractivity (Wildman–Crippen MR) is 83.3 cm³/mol. The van der Waals surface area contributed by atoms with E-state index < -0.39 is 0 Å². The van der Waals surface area contributed by atoms with Crippen LogP contribution in [0.4, 0.5) is 0 Å². The third kappa shape index (κ3) is 3.06. The summed E-state index contributed by atoms with van der Waals surface area (Å²) in [4.78, 5) is 14.1. The summed E-state index contributed by atoms with van der Waals surface area (Å²) >= 11 is 5.98. The molecule has 3 rings (SSSR count). The Hall–Kier alpha value is -1.52. The number of nitrogens with zero attached hydrogens (tertiary/aromatic N) is 2. The summed E-state index contributed by atoms with van der Waals surface area (Å²) in [6, 6.07) is 7.80. The van der Waals surface area contributed by atoms with E-state index in [1.807, 2.05) is 35.4 Å². The lowest BCUT2D eigenvalue weighted by Gasteiger charge is -2.16. The van der Waals surface area contributed by atoms with Crippen molar-refractivity contribution in [1.82, 2.24) is 9.47 Å². The average Bonchev–Trinajstić information content (AvgIpc) is 3.11. The smallest absolute Gasteiger partial charge is 0.224 e. The zero-order valence-corrected chi connectivity index (χ0v) is 12.6. The number of hydrogen-bond acceptors (Lipinski definition) is 2. The van der Waals surface area contributed by atoms with E-state index in [1.54, 1.807) is 0 Å². The highest BCUT2D eigenvalue weighted by atomic mass is 35.5. The Balaban J connectivity index is 1.63. The quantitative estimate of drug-likeness (QED) is 0.943. The topological polar surface area (TPSA) is 45.5 Å². The number of amides is 1. The molecule has 1 aromatic carbocycles. The molecule has 21 heavy (non-hydrogen) atoms. The Morgan fingerprint density at radius 2 is 2.24 bits per heavy atom.